The molecule has 0 aliphatic heterocycles. The van der Waals surface area contributed by atoms with Crippen molar-refractivity contribution in [3.8, 4) is 11.5 Å². The molecule has 0 heterocycles. The average molecular weight is 274 g/mol. The van der Waals surface area contributed by atoms with Crippen LogP contribution >= 0.6 is 12.4 Å². The molecule has 1 aromatic rings. The van der Waals surface area contributed by atoms with E-state index in [0.29, 0.717) is 11.5 Å². The highest BCUT2D eigenvalue weighted by atomic mass is 35.5. The van der Waals surface area contributed by atoms with Crippen molar-refractivity contribution in [3.63, 3.8) is 0 Å². The molecule has 0 fully saturated rings. The van der Waals surface area contributed by atoms with E-state index in [0.717, 1.165) is 18.4 Å². The van der Waals surface area contributed by atoms with Crippen molar-refractivity contribution in [2.24, 2.45) is 5.73 Å². The van der Waals surface area contributed by atoms with Gasteiger partial charge in [0.2, 0.25) is 0 Å². The fourth-order valence-corrected chi connectivity index (χ4v) is 1.63. The van der Waals surface area contributed by atoms with Gasteiger partial charge in [0, 0.05) is 13.0 Å². The monoisotopic (exact) mass is 273 g/mol. The van der Waals surface area contributed by atoms with Crippen LogP contribution in [0, 0.1) is 0 Å². The summed E-state index contributed by atoms with van der Waals surface area (Å²) in [4.78, 5) is 10.9. The fourth-order valence-electron chi connectivity index (χ4n) is 1.63. The third-order valence-corrected chi connectivity index (χ3v) is 2.47. The van der Waals surface area contributed by atoms with Gasteiger partial charge in [-0.05, 0) is 24.1 Å². The largest absolute Gasteiger partial charge is 0.493 e. The van der Waals surface area contributed by atoms with Gasteiger partial charge in [0.25, 0.3) is 0 Å². The summed E-state index contributed by atoms with van der Waals surface area (Å²) in [6.07, 6.45) is 1.94. The summed E-state index contributed by atoms with van der Waals surface area (Å²) in [6.45, 7) is 3.44. The summed E-state index contributed by atoms with van der Waals surface area (Å²) in [5, 5.41) is 0. The van der Waals surface area contributed by atoms with Crippen molar-refractivity contribution in [1.29, 1.82) is 0 Å². The quantitative estimate of drug-likeness (QED) is 0.662. The summed E-state index contributed by atoms with van der Waals surface area (Å²) in [5.41, 5.74) is 7.00. The van der Waals surface area contributed by atoms with Crippen LogP contribution in [-0.2, 0) is 4.79 Å². The molecule has 0 amide bonds. The molecule has 1 aromatic carbocycles. The Morgan fingerprint density at radius 2 is 2.06 bits per heavy atom. The van der Waals surface area contributed by atoms with Gasteiger partial charge >= 0.3 is 5.97 Å². The summed E-state index contributed by atoms with van der Waals surface area (Å²) in [7, 11) is 1.54. The lowest BCUT2D eigenvalue weighted by molar-refractivity contribution is -0.132. The van der Waals surface area contributed by atoms with Gasteiger partial charge in [0.05, 0.1) is 7.11 Å². The fraction of sp³-hybridized carbons (Fsp3) is 0.462. The van der Waals surface area contributed by atoms with Crippen molar-refractivity contribution >= 4 is 18.4 Å². The number of rotatable bonds is 5. The van der Waals surface area contributed by atoms with Crippen LogP contribution < -0.4 is 15.2 Å². The number of benzene rings is 1. The Labute approximate surface area is 114 Å². The third kappa shape index (κ3) is 4.55. The molecule has 1 atom stereocenters. The molecule has 1 rings (SSSR count). The van der Waals surface area contributed by atoms with Crippen LogP contribution in [0.5, 0.6) is 11.5 Å². The summed E-state index contributed by atoms with van der Waals surface area (Å²) < 4.78 is 10.2. The van der Waals surface area contributed by atoms with Crippen LogP contribution in [0.3, 0.4) is 0 Å². The molecule has 0 saturated heterocycles. The van der Waals surface area contributed by atoms with Gasteiger partial charge in [-0.25, -0.2) is 0 Å². The van der Waals surface area contributed by atoms with E-state index < -0.39 is 0 Å². The smallest absolute Gasteiger partial charge is 0.308 e. The van der Waals surface area contributed by atoms with Crippen molar-refractivity contribution in [3.05, 3.63) is 23.8 Å². The van der Waals surface area contributed by atoms with Crippen LogP contribution in [-0.4, -0.2) is 13.1 Å². The van der Waals surface area contributed by atoms with Gasteiger partial charge < -0.3 is 15.2 Å². The number of carbonyl (C=O) groups excluding carboxylic acids is 1. The Bertz CT molecular complexity index is 396. The molecule has 2 N–H and O–H groups in total. The second-order valence-corrected chi connectivity index (χ2v) is 3.90. The number of halogens is 1. The van der Waals surface area contributed by atoms with E-state index >= 15 is 0 Å². The highest BCUT2D eigenvalue weighted by molar-refractivity contribution is 5.85. The van der Waals surface area contributed by atoms with Crippen LogP contribution in [0.2, 0.25) is 0 Å². The summed E-state index contributed by atoms with van der Waals surface area (Å²) in [6, 6.07) is 5.38. The molecule has 4 nitrogen and oxygen atoms in total. The van der Waals surface area contributed by atoms with Crippen LogP contribution in [0.15, 0.2) is 18.2 Å². The summed E-state index contributed by atoms with van der Waals surface area (Å²) in [5.74, 6) is 0.589. The third-order valence-electron chi connectivity index (χ3n) is 2.47. The summed E-state index contributed by atoms with van der Waals surface area (Å²) >= 11 is 0. The normalized spacial score (nSPS) is 11.3. The van der Waals surface area contributed by atoms with Gasteiger partial charge in [-0.3, -0.25) is 4.79 Å². The topological polar surface area (TPSA) is 61.5 Å². The average Bonchev–Trinajstić information content (AvgIpc) is 2.29. The maximum atomic E-state index is 10.9. The number of carbonyl (C=O) groups is 1. The van der Waals surface area contributed by atoms with Gasteiger partial charge in [0.15, 0.2) is 11.5 Å². The number of methoxy groups -OCH3 is 1. The molecule has 0 unspecified atom stereocenters. The lowest BCUT2D eigenvalue weighted by atomic mass is 10.0. The molecule has 5 heteroatoms. The van der Waals surface area contributed by atoms with E-state index in [1.54, 1.807) is 6.07 Å². The number of ether oxygens (including phenoxy) is 2. The second kappa shape index (κ2) is 7.95. The van der Waals surface area contributed by atoms with Crippen molar-refractivity contribution in [1.82, 2.24) is 0 Å². The molecule has 0 aliphatic carbocycles. The lowest BCUT2D eigenvalue weighted by Gasteiger charge is -2.14. The zero-order chi connectivity index (χ0) is 12.8. The highest BCUT2D eigenvalue weighted by Gasteiger charge is 2.11. The first kappa shape index (κ1) is 16.7. The molecule has 0 aromatic heterocycles. The first-order valence-electron chi connectivity index (χ1n) is 5.70. The second-order valence-electron chi connectivity index (χ2n) is 3.90. The van der Waals surface area contributed by atoms with Gasteiger partial charge in [-0.2, -0.15) is 0 Å². The molecule has 0 bridgehead atoms. The molecule has 0 spiro atoms. The Kier molecular flexibility index (Phi) is 7.39. The minimum Gasteiger partial charge on any atom is -0.493 e. The Morgan fingerprint density at radius 1 is 1.39 bits per heavy atom. The zero-order valence-corrected chi connectivity index (χ0v) is 11.8. The minimum absolute atomic E-state index is 0. The van der Waals surface area contributed by atoms with Crippen LogP contribution in [0.25, 0.3) is 0 Å². The standard InChI is InChI=1S/C13H19NO3.ClH/c1-4-5-11(14)10-6-7-12(17-9(2)15)13(8-10)16-3;/h6-8,11H,4-5,14H2,1-3H3;1H/t11-;/m0./s1. The van der Waals surface area contributed by atoms with Crippen molar-refractivity contribution in [2.45, 2.75) is 32.7 Å². The SMILES string of the molecule is CCC[C@H](N)c1ccc(OC(C)=O)c(OC)c1.Cl. The molecule has 102 valence electrons. The predicted octanol–water partition coefficient (Wildman–Crippen LogP) is 2.84. The van der Waals surface area contributed by atoms with E-state index in [1.807, 2.05) is 12.1 Å². The molecule has 0 saturated carbocycles. The molecular weight excluding hydrogens is 254 g/mol. The molecule has 18 heavy (non-hydrogen) atoms. The van der Waals surface area contributed by atoms with E-state index in [9.17, 15) is 4.79 Å². The molecule has 0 aliphatic rings. The first-order valence-corrected chi connectivity index (χ1v) is 5.70. The Hall–Kier alpha value is -1.26. The lowest BCUT2D eigenvalue weighted by Crippen LogP contribution is -2.10. The number of hydrogen-bond acceptors (Lipinski definition) is 4. The number of hydrogen-bond donors (Lipinski definition) is 1. The minimum atomic E-state index is -0.367. The van der Waals surface area contributed by atoms with Crippen molar-refractivity contribution < 1.29 is 14.3 Å². The zero-order valence-electron chi connectivity index (χ0n) is 10.9. The highest BCUT2D eigenvalue weighted by Crippen LogP contribution is 2.30. The Morgan fingerprint density at radius 3 is 2.56 bits per heavy atom. The first-order chi connectivity index (χ1) is 8.08. The number of nitrogens with two attached hydrogens (primary N) is 1. The van der Waals surface area contributed by atoms with Crippen LogP contribution in [0.1, 0.15) is 38.3 Å². The number of esters is 1. The van der Waals surface area contributed by atoms with E-state index in [1.165, 1.54) is 14.0 Å². The molecular formula is C13H20ClNO3. The van der Waals surface area contributed by atoms with Crippen molar-refractivity contribution in [2.75, 3.05) is 7.11 Å². The maximum Gasteiger partial charge on any atom is 0.308 e. The Balaban J connectivity index is 0.00000289. The maximum absolute atomic E-state index is 10.9. The van der Waals surface area contributed by atoms with Gasteiger partial charge in [0.1, 0.15) is 0 Å². The van der Waals surface area contributed by atoms with Gasteiger partial charge in [-0.15, -0.1) is 12.4 Å². The molecule has 0 radical (unpaired) electrons. The van der Waals surface area contributed by atoms with Crippen LogP contribution in [0.4, 0.5) is 0 Å². The predicted molar refractivity (Wildman–Crippen MR) is 73.4 cm³/mol. The van der Waals surface area contributed by atoms with E-state index in [4.69, 9.17) is 15.2 Å². The van der Waals surface area contributed by atoms with E-state index in [2.05, 4.69) is 6.92 Å². The van der Waals surface area contributed by atoms with E-state index in [-0.39, 0.29) is 24.4 Å². The van der Waals surface area contributed by atoms with Gasteiger partial charge in [-0.1, -0.05) is 19.4 Å².